The quantitative estimate of drug-likeness (QED) is 0.526. The van der Waals surface area contributed by atoms with Crippen molar-refractivity contribution >= 4 is 22.7 Å². The fourth-order valence-corrected chi connectivity index (χ4v) is 4.25. The topological polar surface area (TPSA) is 74.7 Å². The Kier molecular flexibility index (Phi) is 4.95. The lowest BCUT2D eigenvalue weighted by molar-refractivity contribution is -0.00521. The Labute approximate surface area is 180 Å². The van der Waals surface area contributed by atoms with Crippen LogP contribution in [0.3, 0.4) is 0 Å². The summed E-state index contributed by atoms with van der Waals surface area (Å²) in [6, 6.07) is 15.9. The fraction of sp³-hybridized carbons (Fsp3) is 0.250. The molecule has 31 heavy (non-hydrogen) atoms. The van der Waals surface area contributed by atoms with Crippen LogP contribution in [0.25, 0.3) is 16.9 Å². The van der Waals surface area contributed by atoms with Gasteiger partial charge >= 0.3 is 0 Å². The molecule has 1 aliphatic heterocycles. The first-order valence-corrected chi connectivity index (χ1v) is 10.5. The number of nitrogens with zero attached hydrogens (tertiary/aromatic N) is 3. The highest BCUT2D eigenvalue weighted by atomic mass is 16.5. The summed E-state index contributed by atoms with van der Waals surface area (Å²) >= 11 is 0. The van der Waals surface area contributed by atoms with Crippen LogP contribution in [-0.2, 0) is 4.74 Å². The molecule has 2 N–H and O–H groups in total. The molecule has 0 saturated carbocycles. The molecule has 4 heterocycles. The van der Waals surface area contributed by atoms with Gasteiger partial charge in [0.15, 0.2) is 5.65 Å². The predicted molar refractivity (Wildman–Crippen MR) is 123 cm³/mol. The lowest BCUT2D eigenvalue weighted by Crippen LogP contribution is -2.45. The number of anilines is 3. The normalized spacial score (nSPS) is 19.0. The van der Waals surface area contributed by atoms with E-state index in [2.05, 4.69) is 58.3 Å². The third-order valence-electron chi connectivity index (χ3n) is 5.55. The Balaban J connectivity index is 1.40. The van der Waals surface area contributed by atoms with Crippen molar-refractivity contribution in [2.75, 3.05) is 23.3 Å². The largest absolute Gasteiger partial charge is 0.372 e. The molecule has 1 aromatic carbocycles. The zero-order valence-corrected chi connectivity index (χ0v) is 17.6. The van der Waals surface area contributed by atoms with Crippen molar-refractivity contribution in [1.29, 1.82) is 0 Å². The number of pyridine rings is 2. The van der Waals surface area contributed by atoms with E-state index in [1.807, 2.05) is 28.8 Å². The van der Waals surface area contributed by atoms with E-state index in [9.17, 15) is 4.79 Å². The van der Waals surface area contributed by atoms with Crippen LogP contribution in [0.15, 0.2) is 71.9 Å². The molecule has 7 heteroatoms. The van der Waals surface area contributed by atoms with Crippen molar-refractivity contribution in [3.05, 3.63) is 77.5 Å². The molecule has 7 nitrogen and oxygen atoms in total. The summed E-state index contributed by atoms with van der Waals surface area (Å²) < 4.78 is 7.83. The van der Waals surface area contributed by atoms with Gasteiger partial charge in [-0.05, 0) is 56.3 Å². The number of ether oxygens (including phenoxy) is 1. The van der Waals surface area contributed by atoms with Gasteiger partial charge in [-0.25, -0.2) is 4.98 Å². The number of H-pyrrole nitrogens is 1. The maximum Gasteiger partial charge on any atom is 0.248 e. The molecule has 0 aliphatic carbocycles. The number of aromatic nitrogens is 3. The summed E-state index contributed by atoms with van der Waals surface area (Å²) in [4.78, 5) is 21.3. The molecule has 158 valence electrons. The van der Waals surface area contributed by atoms with E-state index in [1.165, 1.54) is 5.69 Å². The zero-order chi connectivity index (χ0) is 21.4. The molecule has 5 rings (SSSR count). The van der Waals surface area contributed by atoms with Crippen molar-refractivity contribution in [1.82, 2.24) is 14.4 Å². The van der Waals surface area contributed by atoms with Crippen LogP contribution in [0.2, 0.25) is 0 Å². The SMILES string of the molecule is CC1CN(c2ccc(Nc3ccc(-c4cc[nH]c(=O)c4)n4ccnc34)cc2)C[C@H](C)O1. The lowest BCUT2D eigenvalue weighted by Gasteiger charge is -2.36. The number of fused-ring (bicyclic) bond motifs is 1. The molecule has 2 atom stereocenters. The van der Waals surface area contributed by atoms with Crippen LogP contribution < -0.4 is 15.8 Å². The average molecular weight is 415 g/mol. The first-order chi connectivity index (χ1) is 15.1. The van der Waals surface area contributed by atoms with E-state index >= 15 is 0 Å². The number of rotatable bonds is 4. The summed E-state index contributed by atoms with van der Waals surface area (Å²) in [7, 11) is 0. The van der Waals surface area contributed by atoms with Crippen molar-refractivity contribution in [2.45, 2.75) is 26.1 Å². The highest BCUT2D eigenvalue weighted by molar-refractivity contribution is 5.78. The smallest absolute Gasteiger partial charge is 0.248 e. The van der Waals surface area contributed by atoms with Gasteiger partial charge < -0.3 is 19.9 Å². The van der Waals surface area contributed by atoms with Crippen LogP contribution >= 0.6 is 0 Å². The minimum absolute atomic E-state index is 0.128. The van der Waals surface area contributed by atoms with Crippen molar-refractivity contribution < 1.29 is 4.74 Å². The fourth-order valence-electron chi connectivity index (χ4n) is 4.25. The Bertz CT molecular complexity index is 1250. The van der Waals surface area contributed by atoms with Crippen LogP contribution in [0.4, 0.5) is 17.1 Å². The van der Waals surface area contributed by atoms with Crippen molar-refractivity contribution in [2.24, 2.45) is 0 Å². The standard InChI is InChI=1S/C24H25N5O2/c1-16-14-28(15-17(2)31-16)20-5-3-19(4-6-20)27-21-7-8-22(29-12-11-26-24(21)29)18-9-10-25-23(30)13-18/h3-13,16-17,27H,14-15H2,1-2H3,(H,25,30)/t16-,17?/m0/s1. The Morgan fingerprint density at radius 3 is 2.58 bits per heavy atom. The minimum Gasteiger partial charge on any atom is -0.372 e. The molecular weight excluding hydrogens is 390 g/mol. The second-order valence-electron chi connectivity index (χ2n) is 8.03. The van der Waals surface area contributed by atoms with Crippen molar-refractivity contribution in [3.8, 4) is 11.3 Å². The first kappa shape index (κ1) is 19.4. The van der Waals surface area contributed by atoms with E-state index in [0.717, 1.165) is 41.4 Å². The number of hydrogen-bond donors (Lipinski definition) is 2. The first-order valence-electron chi connectivity index (χ1n) is 10.5. The molecule has 1 unspecified atom stereocenters. The van der Waals surface area contributed by atoms with Crippen molar-refractivity contribution in [3.63, 3.8) is 0 Å². The lowest BCUT2D eigenvalue weighted by atomic mass is 10.1. The molecule has 1 fully saturated rings. The Hall–Kier alpha value is -3.58. The monoisotopic (exact) mass is 415 g/mol. The van der Waals surface area contributed by atoms with E-state index < -0.39 is 0 Å². The summed E-state index contributed by atoms with van der Waals surface area (Å²) in [5.74, 6) is 0. The summed E-state index contributed by atoms with van der Waals surface area (Å²) in [5, 5.41) is 3.48. The van der Waals surface area contributed by atoms with Gasteiger partial charge in [0.1, 0.15) is 0 Å². The number of imidazole rings is 1. The second kappa shape index (κ2) is 7.92. The maximum absolute atomic E-state index is 11.7. The van der Waals surface area contributed by atoms with Gasteiger partial charge in [-0.2, -0.15) is 0 Å². The highest BCUT2D eigenvalue weighted by Crippen LogP contribution is 2.28. The van der Waals surface area contributed by atoms with Crippen LogP contribution in [0.1, 0.15) is 13.8 Å². The van der Waals surface area contributed by atoms with Crippen LogP contribution in [0, 0.1) is 0 Å². The summed E-state index contributed by atoms with van der Waals surface area (Å²) in [6.07, 6.45) is 5.79. The maximum atomic E-state index is 11.7. The predicted octanol–water partition coefficient (Wildman–Crippen LogP) is 4.05. The second-order valence-corrected chi connectivity index (χ2v) is 8.03. The van der Waals surface area contributed by atoms with Crippen LogP contribution in [-0.4, -0.2) is 39.7 Å². The van der Waals surface area contributed by atoms with Gasteiger partial charge in [0.25, 0.3) is 0 Å². The minimum atomic E-state index is -0.128. The van der Waals surface area contributed by atoms with Gasteiger partial charge in [0.05, 0.1) is 23.6 Å². The molecule has 0 bridgehead atoms. The third-order valence-corrected chi connectivity index (χ3v) is 5.55. The molecule has 1 saturated heterocycles. The van der Waals surface area contributed by atoms with E-state index in [1.54, 1.807) is 18.5 Å². The highest BCUT2D eigenvalue weighted by Gasteiger charge is 2.22. The molecule has 3 aromatic heterocycles. The third kappa shape index (κ3) is 3.92. The summed E-state index contributed by atoms with van der Waals surface area (Å²) in [6.45, 7) is 6.03. The zero-order valence-electron chi connectivity index (χ0n) is 17.6. The van der Waals surface area contributed by atoms with E-state index in [-0.39, 0.29) is 17.8 Å². The number of hydrogen-bond acceptors (Lipinski definition) is 5. The molecular formula is C24H25N5O2. The molecule has 4 aromatic rings. The molecule has 0 spiro atoms. The van der Waals surface area contributed by atoms with Gasteiger partial charge in [-0.1, -0.05) is 0 Å². The van der Waals surface area contributed by atoms with Gasteiger partial charge in [0.2, 0.25) is 5.56 Å². The Morgan fingerprint density at radius 2 is 1.84 bits per heavy atom. The van der Waals surface area contributed by atoms with E-state index in [4.69, 9.17) is 4.74 Å². The number of benzene rings is 1. The Morgan fingerprint density at radius 1 is 1.06 bits per heavy atom. The van der Waals surface area contributed by atoms with Gasteiger partial charge in [0, 0.05) is 54.7 Å². The average Bonchev–Trinajstić information content (AvgIpc) is 3.24. The van der Waals surface area contributed by atoms with Gasteiger partial charge in [-0.3, -0.25) is 9.20 Å². The van der Waals surface area contributed by atoms with Gasteiger partial charge in [-0.15, -0.1) is 0 Å². The number of nitrogens with one attached hydrogen (secondary N) is 2. The summed E-state index contributed by atoms with van der Waals surface area (Å²) in [5.41, 5.74) is 5.52. The van der Waals surface area contributed by atoms with Crippen LogP contribution in [0.5, 0.6) is 0 Å². The molecule has 0 radical (unpaired) electrons. The molecule has 1 aliphatic rings. The number of aromatic amines is 1. The van der Waals surface area contributed by atoms with E-state index in [0.29, 0.717) is 0 Å². The molecule has 0 amide bonds. The number of morpholine rings is 1.